The van der Waals surface area contributed by atoms with Crippen LogP contribution in [0.1, 0.15) is 18.1 Å². The number of rotatable bonds is 8. The highest BCUT2D eigenvalue weighted by atomic mass is 79.9. The molecule has 0 spiro atoms. The van der Waals surface area contributed by atoms with Crippen LogP contribution in [-0.2, 0) is 11.4 Å². The molecule has 7 nitrogen and oxygen atoms in total. The molecule has 0 saturated carbocycles. The van der Waals surface area contributed by atoms with Crippen LogP contribution >= 0.6 is 63.1 Å². The molecular formula is C26H19BrCl2FN3O4S2. The Morgan fingerprint density at radius 3 is 2.64 bits per heavy atom. The number of hydrazine groups is 1. The SMILES string of the molecule is CCOc1cc(/C=C2\SC(=S)N(NC(=O)Nc3ccc(Cl)c(Cl)c3)C2=O)cc(Br)c1OCc1ccccc1F. The van der Waals surface area contributed by atoms with Crippen molar-refractivity contribution >= 4 is 91.1 Å². The first kappa shape index (κ1) is 29.2. The third kappa shape index (κ3) is 7.23. The number of hydrogen-bond acceptors (Lipinski definition) is 6. The van der Waals surface area contributed by atoms with E-state index >= 15 is 0 Å². The fraction of sp³-hybridized carbons (Fsp3) is 0.115. The largest absolute Gasteiger partial charge is 0.490 e. The second-order valence-electron chi connectivity index (χ2n) is 7.86. The van der Waals surface area contributed by atoms with Crippen molar-refractivity contribution in [2.45, 2.75) is 13.5 Å². The van der Waals surface area contributed by atoms with Gasteiger partial charge in [0, 0.05) is 11.3 Å². The molecule has 3 amide bonds. The van der Waals surface area contributed by atoms with Crippen molar-refractivity contribution in [3.05, 3.63) is 91.0 Å². The number of carbonyl (C=O) groups is 2. The fourth-order valence-electron chi connectivity index (χ4n) is 3.39. The summed E-state index contributed by atoms with van der Waals surface area (Å²) in [4.78, 5) is 25.8. The van der Waals surface area contributed by atoms with Crippen LogP contribution in [0.15, 0.2) is 64.0 Å². The van der Waals surface area contributed by atoms with Crippen LogP contribution in [0.3, 0.4) is 0 Å². The Balaban J connectivity index is 1.49. The highest BCUT2D eigenvalue weighted by Gasteiger charge is 2.34. The topological polar surface area (TPSA) is 79.9 Å². The van der Waals surface area contributed by atoms with Crippen molar-refractivity contribution in [1.82, 2.24) is 10.4 Å². The third-order valence-corrected chi connectivity index (χ3v) is 7.77. The van der Waals surface area contributed by atoms with Gasteiger partial charge in [0.15, 0.2) is 15.8 Å². The summed E-state index contributed by atoms with van der Waals surface area (Å²) in [5, 5.41) is 4.15. The van der Waals surface area contributed by atoms with Gasteiger partial charge in [0.2, 0.25) is 0 Å². The minimum Gasteiger partial charge on any atom is -0.490 e. The van der Waals surface area contributed by atoms with Gasteiger partial charge in [0.1, 0.15) is 12.4 Å². The Kier molecular flexibility index (Phi) is 9.73. The molecular weight excluding hydrogens is 652 g/mol. The first-order valence-electron chi connectivity index (χ1n) is 11.3. The van der Waals surface area contributed by atoms with Crippen LogP contribution in [0.2, 0.25) is 10.0 Å². The van der Waals surface area contributed by atoms with Gasteiger partial charge < -0.3 is 14.8 Å². The Morgan fingerprint density at radius 2 is 1.92 bits per heavy atom. The number of nitrogens with zero attached hydrogens (tertiary/aromatic N) is 1. The van der Waals surface area contributed by atoms with E-state index in [2.05, 4.69) is 26.7 Å². The van der Waals surface area contributed by atoms with Crippen LogP contribution in [-0.4, -0.2) is 27.9 Å². The number of urea groups is 1. The van der Waals surface area contributed by atoms with Gasteiger partial charge in [-0.2, -0.15) is 5.01 Å². The number of anilines is 1. The summed E-state index contributed by atoms with van der Waals surface area (Å²) < 4.78 is 26.3. The van der Waals surface area contributed by atoms with Gasteiger partial charge in [-0.3, -0.25) is 4.79 Å². The third-order valence-electron chi connectivity index (χ3n) is 5.14. The Morgan fingerprint density at radius 1 is 1.15 bits per heavy atom. The lowest BCUT2D eigenvalue weighted by Crippen LogP contribution is -2.46. The predicted molar refractivity (Wildman–Crippen MR) is 160 cm³/mol. The van der Waals surface area contributed by atoms with Gasteiger partial charge >= 0.3 is 6.03 Å². The molecule has 0 aromatic heterocycles. The molecule has 0 aliphatic carbocycles. The Labute approximate surface area is 251 Å². The van der Waals surface area contributed by atoms with E-state index in [1.165, 1.54) is 18.2 Å². The van der Waals surface area contributed by atoms with Gasteiger partial charge in [-0.15, -0.1) is 0 Å². The first-order chi connectivity index (χ1) is 18.7. The quantitative estimate of drug-likeness (QED) is 0.188. The van der Waals surface area contributed by atoms with Crippen molar-refractivity contribution < 1.29 is 23.5 Å². The molecule has 39 heavy (non-hydrogen) atoms. The molecule has 1 aliphatic heterocycles. The summed E-state index contributed by atoms with van der Waals surface area (Å²) in [5.74, 6) is -0.0813. The highest BCUT2D eigenvalue weighted by Crippen LogP contribution is 2.39. The normalized spacial score (nSPS) is 14.1. The molecule has 0 radical (unpaired) electrons. The Bertz CT molecular complexity index is 1490. The van der Waals surface area contributed by atoms with Gasteiger partial charge in [0.05, 0.1) is 26.0 Å². The maximum absolute atomic E-state index is 14.0. The number of amides is 3. The van der Waals surface area contributed by atoms with Crippen LogP contribution < -0.4 is 20.2 Å². The zero-order chi connectivity index (χ0) is 28.1. The molecule has 1 saturated heterocycles. The number of halogens is 4. The molecule has 3 aromatic rings. The van der Waals surface area contributed by atoms with E-state index in [-0.39, 0.29) is 26.7 Å². The second kappa shape index (κ2) is 13.0. The smallest absolute Gasteiger partial charge is 0.338 e. The molecule has 0 atom stereocenters. The molecule has 4 rings (SSSR count). The van der Waals surface area contributed by atoms with E-state index in [1.807, 2.05) is 6.92 Å². The van der Waals surface area contributed by atoms with Crippen LogP contribution in [0.25, 0.3) is 6.08 Å². The lowest BCUT2D eigenvalue weighted by Gasteiger charge is -2.16. The zero-order valence-corrected chi connectivity index (χ0v) is 24.8. The number of ether oxygens (including phenoxy) is 2. The number of carbonyl (C=O) groups excluding carboxylic acids is 2. The number of nitrogens with one attached hydrogen (secondary N) is 2. The van der Waals surface area contributed by atoms with Gasteiger partial charge in [-0.1, -0.05) is 53.2 Å². The summed E-state index contributed by atoms with van der Waals surface area (Å²) in [6.07, 6.45) is 1.62. The van der Waals surface area contributed by atoms with Crippen molar-refractivity contribution in [1.29, 1.82) is 0 Å². The first-order valence-corrected chi connectivity index (χ1v) is 14.1. The molecule has 0 bridgehead atoms. The molecule has 202 valence electrons. The molecule has 13 heteroatoms. The lowest BCUT2D eigenvalue weighted by molar-refractivity contribution is -0.123. The number of thiocarbonyl (C=S) groups is 1. The minimum absolute atomic E-state index is 0.000683. The van der Waals surface area contributed by atoms with E-state index in [0.29, 0.717) is 44.4 Å². The standard InChI is InChI=1S/C26H19BrCl2FN3O4S2/c1-2-36-21-10-14(9-17(27)23(21)37-13-15-5-3-4-6-20(15)30)11-22-24(34)33(26(38)39-22)32-25(35)31-16-7-8-18(28)19(29)12-16/h3-12H,2,13H2,1H3,(H2,31,32,35)/b22-11-. The van der Waals surface area contributed by atoms with Crippen LogP contribution in [0.5, 0.6) is 11.5 Å². The zero-order valence-electron chi connectivity index (χ0n) is 20.1. The van der Waals surface area contributed by atoms with E-state index in [4.69, 9.17) is 44.9 Å². The molecule has 0 unspecified atom stereocenters. The summed E-state index contributed by atoms with van der Waals surface area (Å²) in [7, 11) is 0. The predicted octanol–water partition coefficient (Wildman–Crippen LogP) is 7.81. The Hall–Kier alpha value is -2.83. The second-order valence-corrected chi connectivity index (χ2v) is 11.2. The molecule has 1 heterocycles. The average Bonchev–Trinajstić information content (AvgIpc) is 3.14. The van der Waals surface area contributed by atoms with Crippen molar-refractivity contribution in [3.8, 4) is 11.5 Å². The lowest BCUT2D eigenvalue weighted by atomic mass is 10.1. The van der Waals surface area contributed by atoms with Crippen molar-refractivity contribution in [2.75, 3.05) is 11.9 Å². The molecule has 2 N–H and O–H groups in total. The maximum atomic E-state index is 14.0. The molecule has 1 fully saturated rings. The number of thioether (sulfide) groups is 1. The molecule has 1 aliphatic rings. The van der Waals surface area contributed by atoms with E-state index in [9.17, 15) is 14.0 Å². The molecule has 3 aromatic carbocycles. The van der Waals surface area contributed by atoms with E-state index in [1.54, 1.807) is 42.5 Å². The number of hydrogen-bond donors (Lipinski definition) is 2. The summed E-state index contributed by atoms with van der Waals surface area (Å²) in [5.41, 5.74) is 3.83. The summed E-state index contributed by atoms with van der Waals surface area (Å²) in [6.45, 7) is 2.17. The summed E-state index contributed by atoms with van der Waals surface area (Å²) in [6, 6.07) is 13.6. The van der Waals surface area contributed by atoms with Gasteiger partial charge in [-0.05, 0) is 83.1 Å². The fourth-order valence-corrected chi connectivity index (χ4v) is 5.44. The monoisotopic (exact) mass is 669 g/mol. The van der Waals surface area contributed by atoms with E-state index < -0.39 is 11.9 Å². The van der Waals surface area contributed by atoms with Crippen molar-refractivity contribution in [3.63, 3.8) is 0 Å². The minimum atomic E-state index is -0.691. The number of benzene rings is 3. The van der Waals surface area contributed by atoms with Gasteiger partial charge in [-0.25, -0.2) is 14.6 Å². The van der Waals surface area contributed by atoms with E-state index in [0.717, 1.165) is 16.8 Å². The van der Waals surface area contributed by atoms with Crippen LogP contribution in [0, 0.1) is 5.82 Å². The summed E-state index contributed by atoms with van der Waals surface area (Å²) >= 11 is 21.7. The van der Waals surface area contributed by atoms with Crippen molar-refractivity contribution in [2.24, 2.45) is 0 Å². The highest BCUT2D eigenvalue weighted by molar-refractivity contribution is 9.10. The average molecular weight is 671 g/mol. The van der Waals surface area contributed by atoms with Crippen LogP contribution in [0.4, 0.5) is 14.9 Å². The maximum Gasteiger partial charge on any atom is 0.338 e. The van der Waals surface area contributed by atoms with Gasteiger partial charge in [0.25, 0.3) is 5.91 Å².